The SMILES string of the molecule is CCC(C)N(CCCO)C1CCC1. The van der Waals surface area contributed by atoms with Crippen molar-refractivity contribution in [3.63, 3.8) is 0 Å². The summed E-state index contributed by atoms with van der Waals surface area (Å²) in [6.07, 6.45) is 6.30. The van der Waals surface area contributed by atoms with Crippen molar-refractivity contribution in [1.29, 1.82) is 0 Å². The van der Waals surface area contributed by atoms with Crippen LogP contribution in [0.25, 0.3) is 0 Å². The fourth-order valence-electron chi connectivity index (χ4n) is 1.97. The van der Waals surface area contributed by atoms with Crippen molar-refractivity contribution in [1.82, 2.24) is 4.90 Å². The van der Waals surface area contributed by atoms with E-state index in [4.69, 9.17) is 5.11 Å². The maximum Gasteiger partial charge on any atom is 0.0443 e. The minimum absolute atomic E-state index is 0.333. The fourth-order valence-corrected chi connectivity index (χ4v) is 1.97. The zero-order chi connectivity index (χ0) is 9.68. The molecule has 0 radical (unpaired) electrons. The lowest BCUT2D eigenvalue weighted by Crippen LogP contribution is -2.45. The number of aliphatic hydroxyl groups is 1. The van der Waals surface area contributed by atoms with Gasteiger partial charge in [-0.2, -0.15) is 0 Å². The van der Waals surface area contributed by atoms with Crippen molar-refractivity contribution in [3.05, 3.63) is 0 Å². The first-order valence-corrected chi connectivity index (χ1v) is 5.66. The highest BCUT2D eigenvalue weighted by molar-refractivity contribution is 4.82. The molecule has 0 aromatic heterocycles. The van der Waals surface area contributed by atoms with E-state index in [1.54, 1.807) is 0 Å². The molecular weight excluding hydrogens is 162 g/mol. The van der Waals surface area contributed by atoms with Crippen LogP contribution in [0.15, 0.2) is 0 Å². The van der Waals surface area contributed by atoms with E-state index >= 15 is 0 Å². The second-order valence-electron chi connectivity index (χ2n) is 4.16. The Kier molecular flexibility index (Phi) is 4.74. The Morgan fingerprint density at radius 3 is 2.54 bits per heavy atom. The maximum absolute atomic E-state index is 8.82. The zero-order valence-corrected chi connectivity index (χ0v) is 9.00. The molecule has 1 saturated carbocycles. The quantitative estimate of drug-likeness (QED) is 0.684. The fraction of sp³-hybridized carbons (Fsp3) is 1.00. The van der Waals surface area contributed by atoms with E-state index in [0.29, 0.717) is 12.6 Å². The Hall–Kier alpha value is -0.0800. The molecule has 2 heteroatoms. The Labute approximate surface area is 81.9 Å². The van der Waals surface area contributed by atoms with Crippen LogP contribution >= 0.6 is 0 Å². The van der Waals surface area contributed by atoms with Gasteiger partial charge in [0.15, 0.2) is 0 Å². The van der Waals surface area contributed by atoms with E-state index in [-0.39, 0.29) is 0 Å². The van der Waals surface area contributed by atoms with Crippen LogP contribution in [-0.4, -0.2) is 35.2 Å². The molecule has 0 aromatic rings. The van der Waals surface area contributed by atoms with E-state index in [0.717, 1.165) is 19.0 Å². The van der Waals surface area contributed by atoms with Crippen molar-refractivity contribution >= 4 is 0 Å². The van der Waals surface area contributed by atoms with Crippen LogP contribution in [0, 0.1) is 0 Å². The molecule has 1 rings (SSSR count). The Morgan fingerprint density at radius 2 is 2.15 bits per heavy atom. The molecule has 0 aromatic carbocycles. The van der Waals surface area contributed by atoms with Gasteiger partial charge in [0.1, 0.15) is 0 Å². The summed E-state index contributed by atoms with van der Waals surface area (Å²) in [7, 11) is 0. The van der Waals surface area contributed by atoms with Crippen molar-refractivity contribution < 1.29 is 5.11 Å². The summed E-state index contributed by atoms with van der Waals surface area (Å²) in [6.45, 7) is 5.96. The summed E-state index contributed by atoms with van der Waals surface area (Å²) in [5, 5.41) is 8.82. The number of hydrogen-bond acceptors (Lipinski definition) is 2. The smallest absolute Gasteiger partial charge is 0.0443 e. The van der Waals surface area contributed by atoms with Gasteiger partial charge in [-0.1, -0.05) is 13.3 Å². The Balaban J connectivity index is 2.33. The molecule has 0 saturated heterocycles. The average molecular weight is 185 g/mol. The summed E-state index contributed by atoms with van der Waals surface area (Å²) < 4.78 is 0. The standard InChI is InChI=1S/C11H23NO/c1-3-10(2)12(8-5-9-13)11-6-4-7-11/h10-11,13H,3-9H2,1-2H3. The first-order chi connectivity index (χ1) is 6.29. The number of rotatable bonds is 6. The largest absolute Gasteiger partial charge is 0.396 e. The molecule has 1 aliphatic carbocycles. The van der Waals surface area contributed by atoms with Crippen molar-refractivity contribution in [3.8, 4) is 0 Å². The van der Waals surface area contributed by atoms with E-state index in [1.165, 1.54) is 25.7 Å². The number of aliphatic hydroxyl groups excluding tert-OH is 1. The van der Waals surface area contributed by atoms with Crippen LogP contribution in [0.4, 0.5) is 0 Å². The lowest BCUT2D eigenvalue weighted by atomic mass is 9.90. The van der Waals surface area contributed by atoms with Crippen LogP contribution in [0.2, 0.25) is 0 Å². The highest BCUT2D eigenvalue weighted by Gasteiger charge is 2.26. The maximum atomic E-state index is 8.82. The van der Waals surface area contributed by atoms with Crippen LogP contribution in [0.3, 0.4) is 0 Å². The summed E-state index contributed by atoms with van der Waals surface area (Å²) in [4.78, 5) is 2.58. The second-order valence-corrected chi connectivity index (χ2v) is 4.16. The first-order valence-electron chi connectivity index (χ1n) is 5.66. The molecule has 1 fully saturated rings. The molecule has 1 unspecified atom stereocenters. The topological polar surface area (TPSA) is 23.5 Å². The van der Waals surface area contributed by atoms with Crippen molar-refractivity contribution in [2.24, 2.45) is 0 Å². The van der Waals surface area contributed by atoms with E-state index < -0.39 is 0 Å². The van der Waals surface area contributed by atoms with E-state index in [9.17, 15) is 0 Å². The molecule has 1 aliphatic rings. The van der Waals surface area contributed by atoms with Gasteiger partial charge in [0.2, 0.25) is 0 Å². The van der Waals surface area contributed by atoms with Crippen LogP contribution in [0.1, 0.15) is 46.0 Å². The van der Waals surface area contributed by atoms with Crippen LogP contribution in [-0.2, 0) is 0 Å². The molecule has 1 N–H and O–H groups in total. The van der Waals surface area contributed by atoms with Gasteiger partial charge in [-0.15, -0.1) is 0 Å². The summed E-state index contributed by atoms with van der Waals surface area (Å²) in [5.41, 5.74) is 0. The third kappa shape index (κ3) is 2.96. The molecule has 0 amide bonds. The predicted octanol–water partition coefficient (Wildman–Crippen LogP) is 2.02. The number of hydrogen-bond donors (Lipinski definition) is 1. The van der Waals surface area contributed by atoms with Crippen LogP contribution < -0.4 is 0 Å². The molecule has 2 nitrogen and oxygen atoms in total. The first kappa shape index (κ1) is 11.0. The van der Waals surface area contributed by atoms with Gasteiger partial charge in [-0.05, 0) is 32.6 Å². The number of nitrogens with zero attached hydrogens (tertiary/aromatic N) is 1. The Bertz CT molecular complexity index is 129. The van der Waals surface area contributed by atoms with Gasteiger partial charge in [0, 0.05) is 25.2 Å². The molecule has 13 heavy (non-hydrogen) atoms. The lowest BCUT2D eigenvalue weighted by Gasteiger charge is -2.41. The average Bonchev–Trinajstić information content (AvgIpc) is 2.07. The molecule has 0 spiro atoms. The third-order valence-electron chi connectivity index (χ3n) is 3.28. The summed E-state index contributed by atoms with van der Waals surface area (Å²) >= 11 is 0. The summed E-state index contributed by atoms with van der Waals surface area (Å²) in [5.74, 6) is 0. The van der Waals surface area contributed by atoms with Crippen molar-refractivity contribution in [2.75, 3.05) is 13.2 Å². The molecule has 0 aliphatic heterocycles. The minimum Gasteiger partial charge on any atom is -0.396 e. The van der Waals surface area contributed by atoms with Gasteiger partial charge in [-0.25, -0.2) is 0 Å². The lowest BCUT2D eigenvalue weighted by molar-refractivity contribution is 0.0772. The highest BCUT2D eigenvalue weighted by Crippen LogP contribution is 2.27. The minimum atomic E-state index is 0.333. The van der Waals surface area contributed by atoms with E-state index in [1.807, 2.05) is 0 Å². The van der Waals surface area contributed by atoms with E-state index in [2.05, 4.69) is 18.7 Å². The monoisotopic (exact) mass is 185 g/mol. The van der Waals surface area contributed by atoms with Gasteiger partial charge in [0.25, 0.3) is 0 Å². The van der Waals surface area contributed by atoms with Gasteiger partial charge in [0.05, 0.1) is 0 Å². The predicted molar refractivity (Wildman–Crippen MR) is 55.8 cm³/mol. The van der Waals surface area contributed by atoms with Gasteiger partial charge >= 0.3 is 0 Å². The molecular formula is C11H23NO. The third-order valence-corrected chi connectivity index (χ3v) is 3.28. The van der Waals surface area contributed by atoms with Crippen LogP contribution in [0.5, 0.6) is 0 Å². The molecule has 0 bridgehead atoms. The van der Waals surface area contributed by atoms with Gasteiger partial charge < -0.3 is 5.11 Å². The zero-order valence-electron chi connectivity index (χ0n) is 9.00. The summed E-state index contributed by atoms with van der Waals surface area (Å²) in [6, 6.07) is 1.51. The second kappa shape index (κ2) is 5.61. The highest BCUT2D eigenvalue weighted by atomic mass is 16.3. The van der Waals surface area contributed by atoms with Gasteiger partial charge in [-0.3, -0.25) is 4.90 Å². The molecule has 1 atom stereocenters. The Morgan fingerprint density at radius 1 is 1.46 bits per heavy atom. The normalized spacial score (nSPS) is 20.3. The van der Waals surface area contributed by atoms with Crippen molar-refractivity contribution in [2.45, 2.75) is 58.0 Å². The molecule has 0 heterocycles. The molecule has 78 valence electrons.